The molecule has 3 atom stereocenters. The zero-order chi connectivity index (χ0) is 24.5. The number of hydrogen-bond acceptors (Lipinski definition) is 5. The zero-order valence-electron chi connectivity index (χ0n) is 20.5. The van der Waals surface area contributed by atoms with Crippen LogP contribution in [0.1, 0.15) is 62.6 Å². The number of methoxy groups -OCH3 is 1. The van der Waals surface area contributed by atoms with Crippen LogP contribution in [0.4, 0.5) is 0 Å². The lowest BCUT2D eigenvalue weighted by Crippen LogP contribution is -2.42. The van der Waals surface area contributed by atoms with Crippen LogP contribution in [-0.4, -0.2) is 65.1 Å². The predicted molar refractivity (Wildman–Crippen MR) is 132 cm³/mol. The van der Waals surface area contributed by atoms with Crippen LogP contribution in [0.5, 0.6) is 5.75 Å². The summed E-state index contributed by atoms with van der Waals surface area (Å²) in [6, 6.07) is 10.9. The number of hydrogen-bond donors (Lipinski definition) is 1. The Kier molecular flexibility index (Phi) is 9.45. The van der Waals surface area contributed by atoms with E-state index in [4.69, 9.17) is 4.74 Å². The van der Waals surface area contributed by atoms with Gasteiger partial charge in [0.1, 0.15) is 5.75 Å². The summed E-state index contributed by atoms with van der Waals surface area (Å²) in [5.41, 5.74) is 1.76. The number of nitrogens with zero attached hydrogens (tertiary/aromatic N) is 3. The van der Waals surface area contributed by atoms with Crippen LogP contribution in [0, 0.1) is 5.92 Å². The van der Waals surface area contributed by atoms with Gasteiger partial charge in [0.15, 0.2) is 0 Å². The Morgan fingerprint density at radius 2 is 1.76 bits per heavy atom. The van der Waals surface area contributed by atoms with E-state index < -0.39 is 17.9 Å². The van der Waals surface area contributed by atoms with E-state index in [0.29, 0.717) is 12.3 Å². The molecule has 7 nitrogen and oxygen atoms in total. The fraction of sp³-hybridized carbons (Fsp3) is 0.519. The summed E-state index contributed by atoms with van der Waals surface area (Å²) < 4.78 is 5.30. The van der Waals surface area contributed by atoms with Crippen molar-refractivity contribution in [3.63, 3.8) is 0 Å². The highest BCUT2D eigenvalue weighted by molar-refractivity contribution is 5.79. The topological polar surface area (TPSA) is 83.0 Å². The Balaban J connectivity index is 1.94. The fourth-order valence-corrected chi connectivity index (χ4v) is 4.86. The molecule has 34 heavy (non-hydrogen) atoms. The lowest BCUT2D eigenvalue weighted by Gasteiger charge is -2.30. The molecule has 0 spiro atoms. The number of carbonyl (C=O) groups is 2. The smallest absolute Gasteiger partial charge is 0.309 e. The van der Waals surface area contributed by atoms with Crippen molar-refractivity contribution in [3.8, 4) is 5.75 Å². The van der Waals surface area contributed by atoms with E-state index in [9.17, 15) is 14.7 Å². The summed E-state index contributed by atoms with van der Waals surface area (Å²) in [5.74, 6) is -1.03. The van der Waals surface area contributed by atoms with Gasteiger partial charge in [0.2, 0.25) is 5.91 Å². The second-order valence-electron chi connectivity index (χ2n) is 8.99. The average Bonchev–Trinajstić information content (AvgIpc) is 3.24. The molecule has 3 rings (SSSR count). The van der Waals surface area contributed by atoms with Crippen LogP contribution < -0.4 is 4.74 Å². The molecule has 1 amide bonds. The lowest BCUT2D eigenvalue weighted by molar-refractivity contribution is -0.144. The summed E-state index contributed by atoms with van der Waals surface area (Å²) in [6.45, 7) is 6.41. The number of ether oxygens (including phenoxy) is 1. The Morgan fingerprint density at radius 1 is 1.09 bits per heavy atom. The van der Waals surface area contributed by atoms with Gasteiger partial charge in [-0.25, -0.2) is 0 Å². The first-order valence-electron chi connectivity index (χ1n) is 12.3. The molecule has 2 aromatic rings. The Labute approximate surface area is 202 Å². The number of aliphatic carboxylic acids is 1. The quantitative estimate of drug-likeness (QED) is 0.499. The van der Waals surface area contributed by atoms with E-state index in [2.05, 4.69) is 18.8 Å². The molecule has 1 N–H and O–H groups in total. The van der Waals surface area contributed by atoms with E-state index in [1.165, 1.54) is 0 Å². The molecule has 1 fully saturated rings. The molecule has 1 saturated heterocycles. The second kappa shape index (κ2) is 12.5. The Hall–Kier alpha value is -2.93. The number of likely N-dealkylation sites (tertiary alicyclic amines) is 1. The molecule has 0 aliphatic carbocycles. The number of aromatic nitrogens is 1. The Morgan fingerprint density at radius 3 is 2.29 bits per heavy atom. The number of carboxylic acid groups (broad SMARTS) is 1. The van der Waals surface area contributed by atoms with Gasteiger partial charge in [-0.05, 0) is 42.2 Å². The summed E-state index contributed by atoms with van der Waals surface area (Å²) in [7, 11) is 1.61. The maximum atomic E-state index is 13.4. The SMILES string of the molecule is CCCCN(CCCC)C(=O)CN1C[C@H](c2cccnc2)[C@H](C(=O)O)[C@H]1c1ccc(OC)cc1. The maximum absolute atomic E-state index is 13.4. The molecule has 2 heterocycles. The number of benzene rings is 1. The number of rotatable bonds is 12. The van der Waals surface area contributed by atoms with Gasteiger partial charge >= 0.3 is 5.97 Å². The van der Waals surface area contributed by atoms with Crippen molar-refractivity contribution in [2.24, 2.45) is 5.92 Å². The molecule has 1 aliphatic heterocycles. The normalized spacial score (nSPS) is 20.3. The van der Waals surface area contributed by atoms with Gasteiger partial charge in [0, 0.05) is 44.0 Å². The van der Waals surface area contributed by atoms with Gasteiger partial charge in [-0.15, -0.1) is 0 Å². The van der Waals surface area contributed by atoms with Crippen molar-refractivity contribution in [1.82, 2.24) is 14.8 Å². The van der Waals surface area contributed by atoms with E-state index in [0.717, 1.165) is 49.9 Å². The van der Waals surface area contributed by atoms with Crippen molar-refractivity contribution >= 4 is 11.9 Å². The number of unbranched alkanes of at least 4 members (excludes halogenated alkanes) is 2. The molecular formula is C27H37N3O4. The van der Waals surface area contributed by atoms with Gasteiger partial charge in [-0.2, -0.15) is 0 Å². The molecule has 1 aromatic carbocycles. The summed E-state index contributed by atoms with van der Waals surface area (Å²) in [5, 5.41) is 10.3. The highest BCUT2D eigenvalue weighted by Gasteiger charge is 2.48. The Bertz CT molecular complexity index is 911. The van der Waals surface area contributed by atoms with Crippen LogP contribution in [0.15, 0.2) is 48.8 Å². The monoisotopic (exact) mass is 467 g/mol. The molecule has 7 heteroatoms. The second-order valence-corrected chi connectivity index (χ2v) is 8.99. The van der Waals surface area contributed by atoms with Gasteiger partial charge in [-0.1, -0.05) is 44.9 Å². The number of amides is 1. The minimum atomic E-state index is -0.863. The third kappa shape index (κ3) is 6.14. The van der Waals surface area contributed by atoms with Gasteiger partial charge in [0.25, 0.3) is 0 Å². The van der Waals surface area contributed by atoms with E-state index in [-0.39, 0.29) is 18.4 Å². The molecule has 0 radical (unpaired) electrons. The van der Waals surface area contributed by atoms with E-state index >= 15 is 0 Å². The molecule has 0 bridgehead atoms. The first kappa shape index (κ1) is 25.7. The lowest BCUT2D eigenvalue weighted by atomic mass is 9.83. The first-order chi connectivity index (χ1) is 16.5. The molecule has 1 aromatic heterocycles. The van der Waals surface area contributed by atoms with Crippen molar-refractivity contribution in [1.29, 1.82) is 0 Å². The van der Waals surface area contributed by atoms with E-state index in [1.54, 1.807) is 19.5 Å². The van der Waals surface area contributed by atoms with Crippen LogP contribution in [0.2, 0.25) is 0 Å². The van der Waals surface area contributed by atoms with Crippen LogP contribution >= 0.6 is 0 Å². The number of carboxylic acids is 1. The third-order valence-electron chi connectivity index (χ3n) is 6.71. The highest BCUT2D eigenvalue weighted by Crippen LogP contribution is 2.46. The van der Waals surface area contributed by atoms with Gasteiger partial charge in [-0.3, -0.25) is 19.5 Å². The van der Waals surface area contributed by atoms with Crippen molar-refractivity contribution in [3.05, 3.63) is 59.9 Å². The maximum Gasteiger partial charge on any atom is 0.309 e. The van der Waals surface area contributed by atoms with Crippen molar-refractivity contribution in [2.45, 2.75) is 51.5 Å². The van der Waals surface area contributed by atoms with E-state index in [1.807, 2.05) is 46.2 Å². The van der Waals surface area contributed by atoms with Crippen LogP contribution in [-0.2, 0) is 9.59 Å². The van der Waals surface area contributed by atoms with Crippen molar-refractivity contribution in [2.75, 3.05) is 33.3 Å². The third-order valence-corrected chi connectivity index (χ3v) is 6.71. The first-order valence-corrected chi connectivity index (χ1v) is 12.3. The number of pyridine rings is 1. The largest absolute Gasteiger partial charge is 0.497 e. The molecule has 184 valence electrons. The summed E-state index contributed by atoms with van der Waals surface area (Å²) >= 11 is 0. The predicted octanol–water partition coefficient (Wildman–Crippen LogP) is 4.36. The van der Waals surface area contributed by atoms with Crippen LogP contribution in [0.25, 0.3) is 0 Å². The van der Waals surface area contributed by atoms with Crippen LogP contribution in [0.3, 0.4) is 0 Å². The number of carbonyl (C=O) groups excluding carboxylic acids is 1. The summed E-state index contributed by atoms with van der Waals surface area (Å²) in [4.78, 5) is 34.2. The fourth-order valence-electron chi connectivity index (χ4n) is 4.86. The minimum absolute atomic E-state index is 0.0661. The van der Waals surface area contributed by atoms with Crippen molar-refractivity contribution < 1.29 is 19.4 Å². The zero-order valence-corrected chi connectivity index (χ0v) is 20.5. The van der Waals surface area contributed by atoms with Gasteiger partial charge < -0.3 is 14.7 Å². The minimum Gasteiger partial charge on any atom is -0.497 e. The average molecular weight is 468 g/mol. The molecular weight excluding hydrogens is 430 g/mol. The molecule has 1 aliphatic rings. The molecule has 0 saturated carbocycles. The standard InChI is InChI=1S/C27H37N3O4/c1-4-6-15-29(16-7-5-2)24(31)19-30-18-23(21-9-8-14-28-17-21)25(27(32)33)26(30)20-10-12-22(34-3)13-11-20/h8-14,17,23,25-26H,4-7,15-16,18-19H2,1-3H3,(H,32,33)/t23-,25+,26-/m1/s1. The summed E-state index contributed by atoms with van der Waals surface area (Å²) in [6.07, 6.45) is 7.42. The highest BCUT2D eigenvalue weighted by atomic mass is 16.5. The molecule has 0 unspecified atom stereocenters. The van der Waals surface area contributed by atoms with Gasteiger partial charge in [0.05, 0.1) is 19.6 Å².